The summed E-state index contributed by atoms with van der Waals surface area (Å²) in [6.45, 7) is 4.01. The van der Waals surface area contributed by atoms with Gasteiger partial charge in [-0.15, -0.1) is 10.2 Å². The van der Waals surface area contributed by atoms with Crippen molar-refractivity contribution < 1.29 is 0 Å². The first-order valence-corrected chi connectivity index (χ1v) is 4.73. The molecule has 1 atom stereocenters. The van der Waals surface area contributed by atoms with Gasteiger partial charge < -0.3 is 5.73 Å². The van der Waals surface area contributed by atoms with E-state index >= 15 is 0 Å². The van der Waals surface area contributed by atoms with Crippen molar-refractivity contribution in [2.75, 3.05) is 0 Å². The number of hydrogen-bond donors (Lipinski definition) is 1. The van der Waals surface area contributed by atoms with Crippen LogP contribution in [-0.2, 0) is 6.42 Å². The summed E-state index contributed by atoms with van der Waals surface area (Å²) in [5.41, 5.74) is 7.77. The first-order chi connectivity index (χ1) is 6.68. The Kier molecular flexibility index (Phi) is 2.21. The Morgan fingerprint density at radius 1 is 1.43 bits per heavy atom. The van der Waals surface area contributed by atoms with Crippen molar-refractivity contribution in [1.82, 2.24) is 14.6 Å². The minimum Gasteiger partial charge on any atom is -0.328 e. The molecule has 0 aliphatic carbocycles. The molecule has 0 saturated heterocycles. The molecule has 0 bridgehead atoms. The van der Waals surface area contributed by atoms with Gasteiger partial charge in [0.2, 0.25) is 0 Å². The fraction of sp³-hybridized carbons (Fsp3) is 0.400. The molecule has 0 amide bonds. The minimum absolute atomic E-state index is 0.113. The molecule has 0 aliphatic heterocycles. The molecule has 0 aromatic carbocycles. The number of nitrogens with zero attached hydrogens (tertiary/aromatic N) is 3. The average molecular weight is 190 g/mol. The molecule has 4 heteroatoms. The molecule has 0 fully saturated rings. The third kappa shape index (κ3) is 1.48. The molecule has 0 radical (unpaired) electrons. The number of fused-ring (bicyclic) bond motifs is 1. The van der Waals surface area contributed by atoms with Crippen LogP contribution in [0.3, 0.4) is 0 Å². The van der Waals surface area contributed by atoms with E-state index in [0.717, 1.165) is 23.6 Å². The molecule has 2 N–H and O–H groups in total. The first-order valence-electron chi connectivity index (χ1n) is 4.73. The maximum absolute atomic E-state index is 5.74. The lowest BCUT2D eigenvalue weighted by Gasteiger charge is -2.05. The number of pyridine rings is 1. The van der Waals surface area contributed by atoms with Gasteiger partial charge in [-0.25, -0.2) is 0 Å². The van der Waals surface area contributed by atoms with E-state index < -0.39 is 0 Å². The highest BCUT2D eigenvalue weighted by atomic mass is 15.2. The zero-order valence-electron chi connectivity index (χ0n) is 8.44. The maximum atomic E-state index is 5.74. The third-order valence-electron chi connectivity index (χ3n) is 2.20. The number of aromatic nitrogens is 3. The molecule has 0 spiro atoms. The standard InChI is InChI=1S/C10H14N4/c1-7(11)6-10-13-12-9-5-3-4-8(2)14(9)10/h3-5,7H,6,11H2,1-2H3. The predicted octanol–water partition coefficient (Wildman–Crippen LogP) is 0.927. The second-order valence-corrected chi connectivity index (χ2v) is 3.66. The van der Waals surface area contributed by atoms with Gasteiger partial charge in [-0.1, -0.05) is 6.07 Å². The Morgan fingerprint density at radius 2 is 2.21 bits per heavy atom. The minimum atomic E-state index is 0.113. The Morgan fingerprint density at radius 3 is 2.93 bits per heavy atom. The van der Waals surface area contributed by atoms with Crippen LogP contribution in [0.15, 0.2) is 18.2 Å². The number of hydrogen-bond acceptors (Lipinski definition) is 3. The van der Waals surface area contributed by atoms with Crippen LogP contribution in [0.4, 0.5) is 0 Å². The van der Waals surface area contributed by atoms with Gasteiger partial charge in [-0.2, -0.15) is 0 Å². The normalized spacial score (nSPS) is 13.4. The van der Waals surface area contributed by atoms with Crippen LogP contribution in [0, 0.1) is 6.92 Å². The molecule has 0 saturated carbocycles. The second-order valence-electron chi connectivity index (χ2n) is 3.66. The fourth-order valence-electron chi connectivity index (χ4n) is 1.59. The fourth-order valence-corrected chi connectivity index (χ4v) is 1.59. The van der Waals surface area contributed by atoms with E-state index in [1.54, 1.807) is 0 Å². The molecule has 2 rings (SSSR count). The van der Waals surface area contributed by atoms with Gasteiger partial charge >= 0.3 is 0 Å². The van der Waals surface area contributed by atoms with Gasteiger partial charge in [0.05, 0.1) is 0 Å². The van der Waals surface area contributed by atoms with Crippen molar-refractivity contribution in [2.24, 2.45) is 5.73 Å². The van der Waals surface area contributed by atoms with E-state index in [1.165, 1.54) is 0 Å². The van der Waals surface area contributed by atoms with Crippen molar-refractivity contribution in [1.29, 1.82) is 0 Å². The highest BCUT2D eigenvalue weighted by Crippen LogP contribution is 2.08. The van der Waals surface area contributed by atoms with Crippen molar-refractivity contribution >= 4 is 5.65 Å². The van der Waals surface area contributed by atoms with E-state index in [4.69, 9.17) is 5.73 Å². The Bertz CT molecular complexity index is 444. The summed E-state index contributed by atoms with van der Waals surface area (Å²) < 4.78 is 2.04. The molecule has 2 heterocycles. The van der Waals surface area contributed by atoms with Crippen molar-refractivity contribution in [3.05, 3.63) is 29.7 Å². The van der Waals surface area contributed by atoms with Crippen molar-refractivity contribution in [2.45, 2.75) is 26.3 Å². The smallest absolute Gasteiger partial charge is 0.160 e. The summed E-state index contributed by atoms with van der Waals surface area (Å²) in [4.78, 5) is 0. The average Bonchev–Trinajstić information content (AvgIpc) is 2.49. The van der Waals surface area contributed by atoms with Crippen molar-refractivity contribution in [3.8, 4) is 0 Å². The van der Waals surface area contributed by atoms with Crippen LogP contribution in [0.2, 0.25) is 0 Å². The summed E-state index contributed by atoms with van der Waals surface area (Å²) in [7, 11) is 0. The van der Waals surface area contributed by atoms with E-state index in [0.29, 0.717) is 0 Å². The van der Waals surface area contributed by atoms with E-state index in [9.17, 15) is 0 Å². The van der Waals surface area contributed by atoms with Gasteiger partial charge in [-0.3, -0.25) is 4.40 Å². The monoisotopic (exact) mass is 190 g/mol. The molecule has 2 aromatic heterocycles. The van der Waals surface area contributed by atoms with Gasteiger partial charge in [0.1, 0.15) is 5.82 Å². The number of rotatable bonds is 2. The lowest BCUT2D eigenvalue weighted by Crippen LogP contribution is -2.19. The summed E-state index contributed by atoms with van der Waals surface area (Å²) in [5, 5.41) is 8.22. The molecular weight excluding hydrogens is 176 g/mol. The van der Waals surface area contributed by atoms with Crippen LogP contribution in [0.1, 0.15) is 18.4 Å². The Hall–Kier alpha value is -1.42. The lowest BCUT2D eigenvalue weighted by molar-refractivity contribution is 0.692. The molecule has 4 nitrogen and oxygen atoms in total. The molecule has 0 aliphatic rings. The van der Waals surface area contributed by atoms with Crippen LogP contribution in [0.25, 0.3) is 5.65 Å². The zero-order chi connectivity index (χ0) is 10.1. The van der Waals surface area contributed by atoms with Crippen LogP contribution in [0.5, 0.6) is 0 Å². The van der Waals surface area contributed by atoms with Gasteiger partial charge in [0.25, 0.3) is 0 Å². The number of aryl methyl sites for hydroxylation is 1. The molecule has 14 heavy (non-hydrogen) atoms. The van der Waals surface area contributed by atoms with E-state index in [2.05, 4.69) is 10.2 Å². The zero-order valence-corrected chi connectivity index (χ0v) is 8.44. The molecular formula is C10H14N4. The second kappa shape index (κ2) is 3.38. The molecule has 2 aromatic rings. The first kappa shape index (κ1) is 9.15. The largest absolute Gasteiger partial charge is 0.328 e. The summed E-state index contributed by atoms with van der Waals surface area (Å²) >= 11 is 0. The number of nitrogens with two attached hydrogens (primary N) is 1. The van der Waals surface area contributed by atoms with Gasteiger partial charge in [-0.05, 0) is 26.0 Å². The highest BCUT2D eigenvalue weighted by molar-refractivity contribution is 5.39. The van der Waals surface area contributed by atoms with Gasteiger partial charge in [0, 0.05) is 18.2 Å². The third-order valence-corrected chi connectivity index (χ3v) is 2.20. The Labute approximate surface area is 82.8 Å². The lowest BCUT2D eigenvalue weighted by atomic mass is 10.2. The summed E-state index contributed by atoms with van der Waals surface area (Å²) in [5.74, 6) is 0.938. The summed E-state index contributed by atoms with van der Waals surface area (Å²) in [6.07, 6.45) is 0.756. The summed E-state index contributed by atoms with van der Waals surface area (Å²) in [6, 6.07) is 6.09. The maximum Gasteiger partial charge on any atom is 0.160 e. The molecule has 1 unspecified atom stereocenters. The van der Waals surface area contributed by atoms with Gasteiger partial charge in [0.15, 0.2) is 5.65 Å². The quantitative estimate of drug-likeness (QED) is 0.766. The topological polar surface area (TPSA) is 56.2 Å². The van der Waals surface area contributed by atoms with E-state index in [-0.39, 0.29) is 6.04 Å². The highest BCUT2D eigenvalue weighted by Gasteiger charge is 2.08. The van der Waals surface area contributed by atoms with Crippen LogP contribution < -0.4 is 5.73 Å². The van der Waals surface area contributed by atoms with Crippen LogP contribution >= 0.6 is 0 Å². The van der Waals surface area contributed by atoms with Crippen molar-refractivity contribution in [3.63, 3.8) is 0 Å². The Balaban J connectivity index is 2.55. The SMILES string of the molecule is Cc1cccc2nnc(CC(C)N)n12. The predicted molar refractivity (Wildman–Crippen MR) is 55.1 cm³/mol. The molecule has 74 valence electrons. The van der Waals surface area contributed by atoms with E-state index in [1.807, 2.05) is 36.4 Å². The van der Waals surface area contributed by atoms with Crippen LogP contribution in [-0.4, -0.2) is 20.6 Å².